The van der Waals surface area contributed by atoms with E-state index in [0.717, 1.165) is 25.9 Å². The lowest BCUT2D eigenvalue weighted by molar-refractivity contribution is -0.384. The highest BCUT2D eigenvalue weighted by molar-refractivity contribution is 5.78. The van der Waals surface area contributed by atoms with Crippen LogP contribution in [-0.2, 0) is 9.53 Å². The number of amides is 2. The summed E-state index contributed by atoms with van der Waals surface area (Å²) < 4.78 is 5.28. The molecule has 0 saturated carbocycles. The summed E-state index contributed by atoms with van der Waals surface area (Å²) in [6, 6.07) is 6.74. The van der Waals surface area contributed by atoms with E-state index in [2.05, 4.69) is 10.2 Å². The quantitative estimate of drug-likeness (QED) is 0.512. The van der Waals surface area contributed by atoms with E-state index in [0.29, 0.717) is 50.9 Å². The number of benzene rings is 1. The van der Waals surface area contributed by atoms with E-state index in [1.54, 1.807) is 18.2 Å². The van der Waals surface area contributed by atoms with Gasteiger partial charge in [0.15, 0.2) is 0 Å². The maximum atomic E-state index is 12.8. The minimum atomic E-state index is -0.505. The van der Waals surface area contributed by atoms with E-state index >= 15 is 0 Å². The van der Waals surface area contributed by atoms with Crippen molar-refractivity contribution in [1.29, 1.82) is 0 Å². The number of nitrogens with one attached hydrogen (secondary N) is 1. The monoisotopic (exact) mass is 461 g/mol. The Morgan fingerprint density at radius 1 is 1.09 bits per heavy atom. The van der Waals surface area contributed by atoms with Crippen LogP contribution < -0.4 is 10.2 Å². The van der Waals surface area contributed by atoms with Crippen LogP contribution in [0.1, 0.15) is 33.6 Å². The van der Waals surface area contributed by atoms with Crippen molar-refractivity contribution in [2.75, 3.05) is 57.3 Å². The van der Waals surface area contributed by atoms with E-state index < -0.39 is 5.60 Å². The number of carbonyl (C=O) groups excluding carboxylic acids is 2. The molecular weight excluding hydrogens is 426 g/mol. The number of alkyl carbamates (subject to hydrolysis) is 1. The zero-order chi connectivity index (χ0) is 24.0. The molecule has 0 bridgehead atoms. The molecular formula is C23H35N5O5. The molecule has 0 radical (unpaired) electrons. The van der Waals surface area contributed by atoms with E-state index in [1.807, 2.05) is 30.6 Å². The normalized spacial score (nSPS) is 18.2. The summed E-state index contributed by atoms with van der Waals surface area (Å²) in [7, 11) is 0. The van der Waals surface area contributed by atoms with Crippen molar-refractivity contribution in [3.63, 3.8) is 0 Å². The maximum absolute atomic E-state index is 12.8. The van der Waals surface area contributed by atoms with Gasteiger partial charge in [0.25, 0.3) is 5.69 Å². The number of ether oxygens (including phenoxy) is 1. The summed E-state index contributed by atoms with van der Waals surface area (Å²) in [5.74, 6) is 0.483. The van der Waals surface area contributed by atoms with Crippen LogP contribution >= 0.6 is 0 Å². The summed E-state index contributed by atoms with van der Waals surface area (Å²) in [5.41, 5.74) is 0.202. The van der Waals surface area contributed by atoms with Crippen LogP contribution in [-0.4, -0.2) is 84.7 Å². The van der Waals surface area contributed by atoms with Crippen LogP contribution in [0.2, 0.25) is 0 Å². The van der Waals surface area contributed by atoms with Crippen LogP contribution in [0, 0.1) is 16.0 Å². The number of piperazine rings is 1. The second kappa shape index (κ2) is 10.8. The third-order valence-electron chi connectivity index (χ3n) is 6.05. The number of rotatable bonds is 6. The second-order valence-electron chi connectivity index (χ2n) is 9.72. The number of hydrogen-bond acceptors (Lipinski definition) is 7. The van der Waals surface area contributed by atoms with Crippen LogP contribution in [0.5, 0.6) is 0 Å². The molecule has 2 amide bonds. The molecule has 0 aliphatic carbocycles. The van der Waals surface area contributed by atoms with Gasteiger partial charge in [0, 0.05) is 38.8 Å². The first-order valence-electron chi connectivity index (χ1n) is 11.6. The summed E-state index contributed by atoms with van der Waals surface area (Å²) in [6.45, 7) is 10.4. The van der Waals surface area contributed by atoms with Crippen molar-refractivity contribution in [1.82, 2.24) is 15.1 Å². The molecule has 1 aromatic carbocycles. The van der Waals surface area contributed by atoms with Crippen molar-refractivity contribution >= 4 is 23.4 Å². The number of para-hydroxylation sites is 2. The highest BCUT2D eigenvalue weighted by atomic mass is 16.6. The average molecular weight is 462 g/mol. The number of nitro benzene ring substituents is 1. The molecule has 3 rings (SSSR count). The molecule has 182 valence electrons. The topological polar surface area (TPSA) is 108 Å². The smallest absolute Gasteiger partial charge is 0.407 e. The van der Waals surface area contributed by atoms with Crippen LogP contribution in [0.25, 0.3) is 0 Å². The molecule has 10 nitrogen and oxygen atoms in total. The van der Waals surface area contributed by atoms with Gasteiger partial charge in [-0.05, 0) is 58.7 Å². The minimum absolute atomic E-state index is 0.0984. The van der Waals surface area contributed by atoms with Crippen molar-refractivity contribution < 1.29 is 19.2 Å². The summed E-state index contributed by atoms with van der Waals surface area (Å²) in [5, 5.41) is 14.1. The standard InChI is InChI=1S/C23H35N5O5/c1-23(2,3)33-22(30)24-16-18-8-10-25(11-9-18)17-21(29)27-14-12-26(13-15-27)19-6-4-5-7-20(19)28(31)32/h4-7,18H,8-17H2,1-3H3,(H,24,30). The van der Waals surface area contributed by atoms with Gasteiger partial charge in [-0.2, -0.15) is 0 Å². The van der Waals surface area contributed by atoms with Crippen molar-refractivity contribution in [2.45, 2.75) is 39.2 Å². The number of hydrogen-bond donors (Lipinski definition) is 1. The molecule has 33 heavy (non-hydrogen) atoms. The Bertz CT molecular complexity index is 840. The number of nitrogens with zero attached hydrogens (tertiary/aromatic N) is 4. The molecule has 2 heterocycles. The molecule has 1 aromatic rings. The van der Waals surface area contributed by atoms with Crippen LogP contribution in [0.15, 0.2) is 24.3 Å². The molecule has 1 N–H and O–H groups in total. The first-order chi connectivity index (χ1) is 15.6. The van der Waals surface area contributed by atoms with Crippen LogP contribution in [0.3, 0.4) is 0 Å². The van der Waals surface area contributed by atoms with Crippen LogP contribution in [0.4, 0.5) is 16.2 Å². The first kappa shape index (κ1) is 24.8. The number of carbonyl (C=O) groups is 2. The zero-order valence-corrected chi connectivity index (χ0v) is 19.8. The zero-order valence-electron chi connectivity index (χ0n) is 19.8. The lowest BCUT2D eigenvalue weighted by Gasteiger charge is -2.37. The largest absolute Gasteiger partial charge is 0.444 e. The van der Waals surface area contributed by atoms with Gasteiger partial charge in [-0.3, -0.25) is 19.8 Å². The fraction of sp³-hybridized carbons (Fsp3) is 0.652. The Labute approximate surface area is 195 Å². The van der Waals surface area contributed by atoms with Gasteiger partial charge in [-0.25, -0.2) is 4.79 Å². The molecule has 10 heteroatoms. The van der Waals surface area contributed by atoms with Gasteiger partial charge in [0.1, 0.15) is 11.3 Å². The summed E-state index contributed by atoms with van der Waals surface area (Å²) in [6.07, 6.45) is 1.46. The number of piperidine rings is 1. The lowest BCUT2D eigenvalue weighted by atomic mass is 9.97. The predicted octanol–water partition coefficient (Wildman–Crippen LogP) is 2.48. The lowest BCUT2D eigenvalue weighted by Crippen LogP contribution is -2.52. The second-order valence-corrected chi connectivity index (χ2v) is 9.72. The van der Waals surface area contributed by atoms with E-state index in [-0.39, 0.29) is 22.6 Å². The van der Waals surface area contributed by atoms with Gasteiger partial charge in [-0.15, -0.1) is 0 Å². The number of nitro groups is 1. The molecule has 2 fully saturated rings. The molecule has 2 saturated heterocycles. The third-order valence-corrected chi connectivity index (χ3v) is 6.05. The predicted molar refractivity (Wildman–Crippen MR) is 125 cm³/mol. The average Bonchev–Trinajstić information content (AvgIpc) is 2.77. The van der Waals surface area contributed by atoms with Gasteiger partial charge in [0.2, 0.25) is 5.91 Å². The molecule has 0 aromatic heterocycles. The molecule has 2 aliphatic rings. The van der Waals surface area contributed by atoms with Gasteiger partial charge in [0.05, 0.1) is 11.5 Å². The Kier molecular flexibility index (Phi) is 8.12. The summed E-state index contributed by atoms with van der Waals surface area (Å²) >= 11 is 0. The van der Waals surface area contributed by atoms with Crippen molar-refractivity contribution in [3.8, 4) is 0 Å². The molecule has 0 atom stereocenters. The molecule has 0 unspecified atom stereocenters. The minimum Gasteiger partial charge on any atom is -0.444 e. The van der Waals surface area contributed by atoms with Gasteiger partial charge in [-0.1, -0.05) is 12.1 Å². The van der Waals surface area contributed by atoms with Crippen molar-refractivity contribution in [3.05, 3.63) is 34.4 Å². The SMILES string of the molecule is CC(C)(C)OC(=O)NCC1CCN(CC(=O)N2CCN(c3ccccc3[N+](=O)[O-])CC2)CC1. The maximum Gasteiger partial charge on any atom is 0.407 e. The molecule has 2 aliphatic heterocycles. The Balaban J connectivity index is 1.38. The highest BCUT2D eigenvalue weighted by Gasteiger charge is 2.28. The first-order valence-corrected chi connectivity index (χ1v) is 11.6. The fourth-order valence-corrected chi connectivity index (χ4v) is 4.26. The van der Waals surface area contributed by atoms with E-state index in [1.165, 1.54) is 6.07 Å². The Morgan fingerprint density at radius 2 is 1.73 bits per heavy atom. The Morgan fingerprint density at radius 3 is 2.33 bits per heavy atom. The van der Waals surface area contributed by atoms with E-state index in [4.69, 9.17) is 4.74 Å². The Hall–Kier alpha value is -2.88. The highest BCUT2D eigenvalue weighted by Crippen LogP contribution is 2.28. The number of anilines is 1. The van der Waals surface area contributed by atoms with Gasteiger partial charge >= 0.3 is 6.09 Å². The fourth-order valence-electron chi connectivity index (χ4n) is 4.26. The van der Waals surface area contributed by atoms with E-state index in [9.17, 15) is 19.7 Å². The molecule has 0 spiro atoms. The van der Waals surface area contributed by atoms with Gasteiger partial charge < -0.3 is 19.9 Å². The summed E-state index contributed by atoms with van der Waals surface area (Å²) in [4.78, 5) is 41.5. The van der Waals surface area contributed by atoms with Crippen molar-refractivity contribution in [2.24, 2.45) is 5.92 Å². The number of likely N-dealkylation sites (tertiary alicyclic amines) is 1. The third kappa shape index (κ3) is 7.31.